The lowest BCUT2D eigenvalue weighted by Crippen LogP contribution is -2.29. The van der Waals surface area contributed by atoms with Gasteiger partial charge in [-0.1, -0.05) is 18.5 Å². The van der Waals surface area contributed by atoms with E-state index in [1.54, 1.807) is 25.1 Å². The van der Waals surface area contributed by atoms with Crippen molar-refractivity contribution in [1.82, 2.24) is 0 Å². The van der Waals surface area contributed by atoms with Crippen LogP contribution in [0.1, 0.15) is 20.3 Å². The van der Waals surface area contributed by atoms with Crippen molar-refractivity contribution in [2.75, 3.05) is 12.4 Å². The van der Waals surface area contributed by atoms with Crippen LogP contribution in [0.4, 0.5) is 5.69 Å². The third-order valence-corrected chi connectivity index (χ3v) is 2.62. The van der Waals surface area contributed by atoms with Crippen LogP contribution in [0.25, 0.3) is 0 Å². The molecule has 0 saturated carbocycles. The molecule has 0 aliphatic rings. The predicted octanol–water partition coefficient (Wildman–Crippen LogP) is 2.63. The zero-order chi connectivity index (χ0) is 14.4. The van der Waals surface area contributed by atoms with Crippen molar-refractivity contribution in [1.29, 1.82) is 0 Å². The number of rotatable bonds is 5. The highest BCUT2D eigenvalue weighted by Gasteiger charge is 2.18. The van der Waals surface area contributed by atoms with E-state index in [-0.39, 0.29) is 6.42 Å². The van der Waals surface area contributed by atoms with Crippen molar-refractivity contribution in [3.05, 3.63) is 23.2 Å². The Morgan fingerprint density at radius 3 is 2.68 bits per heavy atom. The van der Waals surface area contributed by atoms with Gasteiger partial charge in [0.15, 0.2) is 6.10 Å². The standard InChI is InChI=1S/C13H16ClNO4/c1-4-12(16)19-8(2)13(17)15-10-7-9(14)5-6-11(10)18-3/h5-8H,4H2,1-3H3,(H,15,17)/t8-/m1/s1. The summed E-state index contributed by atoms with van der Waals surface area (Å²) in [6.45, 7) is 3.16. The van der Waals surface area contributed by atoms with E-state index in [1.807, 2.05) is 0 Å². The highest BCUT2D eigenvalue weighted by Crippen LogP contribution is 2.27. The molecule has 0 aliphatic heterocycles. The maximum absolute atomic E-state index is 11.9. The summed E-state index contributed by atoms with van der Waals surface area (Å²) in [4.78, 5) is 23.0. The third-order valence-electron chi connectivity index (χ3n) is 2.39. The van der Waals surface area contributed by atoms with Gasteiger partial charge in [0.05, 0.1) is 12.8 Å². The fourth-order valence-electron chi connectivity index (χ4n) is 1.35. The molecule has 19 heavy (non-hydrogen) atoms. The maximum atomic E-state index is 11.9. The largest absolute Gasteiger partial charge is 0.495 e. The smallest absolute Gasteiger partial charge is 0.306 e. The van der Waals surface area contributed by atoms with Crippen LogP contribution in [0.2, 0.25) is 5.02 Å². The first-order valence-corrected chi connectivity index (χ1v) is 6.19. The minimum Gasteiger partial charge on any atom is -0.495 e. The molecule has 0 saturated heterocycles. The lowest BCUT2D eigenvalue weighted by molar-refractivity contribution is -0.152. The monoisotopic (exact) mass is 285 g/mol. The van der Waals surface area contributed by atoms with Crippen molar-refractivity contribution in [2.45, 2.75) is 26.4 Å². The summed E-state index contributed by atoms with van der Waals surface area (Å²) in [6.07, 6.45) is -0.658. The molecule has 0 bridgehead atoms. The summed E-state index contributed by atoms with van der Waals surface area (Å²) in [5.74, 6) is -0.394. The van der Waals surface area contributed by atoms with Gasteiger partial charge in [0.1, 0.15) is 5.75 Å². The number of esters is 1. The fraction of sp³-hybridized carbons (Fsp3) is 0.385. The third kappa shape index (κ3) is 4.44. The van der Waals surface area contributed by atoms with Gasteiger partial charge in [0.2, 0.25) is 0 Å². The molecule has 0 radical (unpaired) electrons. The SMILES string of the molecule is CCC(=O)O[C@H](C)C(=O)Nc1cc(Cl)ccc1OC. The van der Waals surface area contributed by atoms with E-state index in [9.17, 15) is 9.59 Å². The second kappa shape index (κ2) is 6.99. The second-order valence-corrected chi connectivity index (χ2v) is 4.26. The average Bonchev–Trinajstić information content (AvgIpc) is 2.38. The van der Waals surface area contributed by atoms with Crippen LogP contribution < -0.4 is 10.1 Å². The lowest BCUT2D eigenvalue weighted by Gasteiger charge is -2.15. The molecule has 6 heteroatoms. The van der Waals surface area contributed by atoms with E-state index >= 15 is 0 Å². The molecular formula is C13H16ClNO4. The Morgan fingerprint density at radius 1 is 1.42 bits per heavy atom. The number of benzene rings is 1. The van der Waals surface area contributed by atoms with Crippen LogP contribution >= 0.6 is 11.6 Å². The zero-order valence-electron chi connectivity index (χ0n) is 11.0. The first-order valence-electron chi connectivity index (χ1n) is 5.81. The molecule has 1 amide bonds. The van der Waals surface area contributed by atoms with Crippen molar-refractivity contribution in [3.63, 3.8) is 0 Å². The molecule has 0 fully saturated rings. The number of ether oxygens (including phenoxy) is 2. The number of anilines is 1. The number of halogens is 1. The zero-order valence-corrected chi connectivity index (χ0v) is 11.8. The number of nitrogens with one attached hydrogen (secondary N) is 1. The van der Waals surface area contributed by atoms with Gasteiger partial charge in [-0.3, -0.25) is 9.59 Å². The van der Waals surface area contributed by atoms with Crippen LogP contribution in [0.5, 0.6) is 5.75 Å². The maximum Gasteiger partial charge on any atom is 0.306 e. The molecule has 104 valence electrons. The number of hydrogen-bond donors (Lipinski definition) is 1. The van der Waals surface area contributed by atoms with Crippen LogP contribution in [-0.2, 0) is 14.3 Å². The molecule has 1 rings (SSSR count). The molecule has 0 unspecified atom stereocenters. The second-order valence-electron chi connectivity index (χ2n) is 3.82. The molecule has 0 aromatic heterocycles. The summed E-state index contributed by atoms with van der Waals surface area (Å²) >= 11 is 5.85. The lowest BCUT2D eigenvalue weighted by atomic mass is 10.2. The molecule has 1 aromatic rings. The number of carbonyl (C=O) groups is 2. The quantitative estimate of drug-likeness (QED) is 0.845. The van der Waals surface area contributed by atoms with Crippen molar-refractivity contribution in [2.24, 2.45) is 0 Å². The molecule has 1 aromatic carbocycles. The highest BCUT2D eigenvalue weighted by atomic mass is 35.5. The van der Waals surface area contributed by atoms with E-state index in [0.29, 0.717) is 16.5 Å². The molecule has 0 heterocycles. The average molecular weight is 286 g/mol. The summed E-state index contributed by atoms with van der Waals surface area (Å²) in [5, 5.41) is 3.07. The van der Waals surface area contributed by atoms with Crippen LogP contribution in [0, 0.1) is 0 Å². The minimum absolute atomic E-state index is 0.220. The van der Waals surface area contributed by atoms with Gasteiger partial charge in [-0.25, -0.2) is 0 Å². The van der Waals surface area contributed by atoms with E-state index in [0.717, 1.165) is 0 Å². The van der Waals surface area contributed by atoms with Crippen molar-refractivity contribution < 1.29 is 19.1 Å². The Balaban J connectivity index is 2.76. The van der Waals surface area contributed by atoms with Gasteiger partial charge in [0.25, 0.3) is 5.91 Å². The summed E-state index contributed by atoms with van der Waals surface area (Å²) in [6, 6.07) is 4.85. The van der Waals surface area contributed by atoms with Crippen molar-refractivity contribution in [3.8, 4) is 5.75 Å². The normalized spacial score (nSPS) is 11.6. The predicted molar refractivity (Wildman–Crippen MR) is 72.5 cm³/mol. The first-order chi connectivity index (χ1) is 8.97. The van der Waals surface area contributed by atoms with Gasteiger partial charge in [-0.2, -0.15) is 0 Å². The highest BCUT2D eigenvalue weighted by molar-refractivity contribution is 6.31. The molecule has 0 aliphatic carbocycles. The minimum atomic E-state index is -0.879. The van der Waals surface area contributed by atoms with E-state index < -0.39 is 18.0 Å². The topological polar surface area (TPSA) is 64.6 Å². The Bertz CT molecular complexity index is 476. The molecular weight excluding hydrogens is 270 g/mol. The summed E-state index contributed by atoms with van der Waals surface area (Å²) in [7, 11) is 1.49. The van der Waals surface area contributed by atoms with Crippen molar-refractivity contribution >= 4 is 29.2 Å². The Kier molecular flexibility index (Phi) is 5.63. The van der Waals surface area contributed by atoms with E-state index in [2.05, 4.69) is 5.32 Å². The number of hydrogen-bond acceptors (Lipinski definition) is 4. The number of methoxy groups -OCH3 is 1. The summed E-state index contributed by atoms with van der Waals surface area (Å²) in [5.41, 5.74) is 0.430. The molecule has 1 N–H and O–H groups in total. The van der Waals surface area contributed by atoms with Gasteiger partial charge in [-0.05, 0) is 25.1 Å². The Labute approximate surface area is 116 Å². The van der Waals surface area contributed by atoms with E-state index in [1.165, 1.54) is 14.0 Å². The van der Waals surface area contributed by atoms with Gasteiger partial charge >= 0.3 is 5.97 Å². The van der Waals surface area contributed by atoms with Crippen LogP contribution in [-0.4, -0.2) is 25.1 Å². The Hall–Kier alpha value is -1.75. The first kappa shape index (κ1) is 15.3. The van der Waals surface area contributed by atoms with E-state index in [4.69, 9.17) is 21.1 Å². The molecule has 1 atom stereocenters. The van der Waals surface area contributed by atoms with Gasteiger partial charge in [-0.15, -0.1) is 0 Å². The van der Waals surface area contributed by atoms with Crippen LogP contribution in [0.15, 0.2) is 18.2 Å². The van der Waals surface area contributed by atoms with Crippen LogP contribution in [0.3, 0.4) is 0 Å². The Morgan fingerprint density at radius 2 is 2.11 bits per heavy atom. The number of amides is 1. The molecule has 0 spiro atoms. The summed E-state index contributed by atoms with van der Waals surface area (Å²) < 4.78 is 10.0. The van der Waals surface area contributed by atoms with Gasteiger partial charge in [0, 0.05) is 11.4 Å². The number of carbonyl (C=O) groups excluding carboxylic acids is 2. The fourth-order valence-corrected chi connectivity index (χ4v) is 1.52. The molecule has 5 nitrogen and oxygen atoms in total. The van der Waals surface area contributed by atoms with Gasteiger partial charge < -0.3 is 14.8 Å².